The summed E-state index contributed by atoms with van der Waals surface area (Å²) in [7, 11) is -3.22. The van der Waals surface area contributed by atoms with Gasteiger partial charge in [-0.25, -0.2) is 8.42 Å². The molecule has 20 heavy (non-hydrogen) atoms. The normalized spacial score (nSPS) is 14.0. The van der Waals surface area contributed by atoms with Crippen molar-refractivity contribution >= 4 is 15.8 Å². The van der Waals surface area contributed by atoms with Crippen molar-refractivity contribution in [1.29, 1.82) is 0 Å². The van der Waals surface area contributed by atoms with Crippen molar-refractivity contribution in [2.24, 2.45) is 5.73 Å². The summed E-state index contributed by atoms with van der Waals surface area (Å²) in [4.78, 5) is 10.5. The highest BCUT2D eigenvalue weighted by atomic mass is 32.2. The van der Waals surface area contributed by atoms with Crippen molar-refractivity contribution < 1.29 is 18.3 Å². The maximum Gasteiger partial charge on any atom is 0.303 e. The number of aliphatic carboxylic acids is 1. The van der Waals surface area contributed by atoms with E-state index >= 15 is 0 Å². The van der Waals surface area contributed by atoms with E-state index in [1.165, 1.54) is 6.26 Å². The van der Waals surface area contributed by atoms with Crippen LogP contribution in [-0.4, -0.2) is 25.7 Å². The van der Waals surface area contributed by atoms with E-state index < -0.39 is 20.6 Å². The molecule has 112 valence electrons. The van der Waals surface area contributed by atoms with Crippen molar-refractivity contribution in [2.75, 3.05) is 6.26 Å². The largest absolute Gasteiger partial charge is 0.481 e. The highest BCUT2D eigenvalue weighted by Crippen LogP contribution is 2.29. The van der Waals surface area contributed by atoms with Crippen LogP contribution < -0.4 is 5.73 Å². The van der Waals surface area contributed by atoms with E-state index in [0.29, 0.717) is 12.0 Å². The molecule has 1 unspecified atom stereocenters. The molecule has 0 heterocycles. The molecule has 0 spiro atoms. The second kappa shape index (κ2) is 5.93. The van der Waals surface area contributed by atoms with Crippen LogP contribution in [0.1, 0.15) is 43.9 Å². The first-order valence-electron chi connectivity index (χ1n) is 6.33. The van der Waals surface area contributed by atoms with Crippen LogP contribution in [0.4, 0.5) is 0 Å². The molecule has 5 nitrogen and oxygen atoms in total. The van der Waals surface area contributed by atoms with Crippen molar-refractivity contribution in [3.8, 4) is 0 Å². The van der Waals surface area contributed by atoms with E-state index in [0.717, 1.165) is 5.56 Å². The second-order valence-corrected chi connectivity index (χ2v) is 8.01. The lowest BCUT2D eigenvalue weighted by molar-refractivity contribution is -0.137. The van der Waals surface area contributed by atoms with Gasteiger partial charge >= 0.3 is 5.97 Å². The molecule has 0 radical (unpaired) electrons. The molecule has 0 saturated heterocycles. The quantitative estimate of drug-likeness (QED) is 0.835. The smallest absolute Gasteiger partial charge is 0.303 e. The number of hydrogen-bond acceptors (Lipinski definition) is 4. The molecular formula is C14H21NO4S. The average Bonchev–Trinajstić information content (AvgIpc) is 2.34. The number of rotatable bonds is 6. The number of benzene rings is 1. The molecule has 1 aromatic rings. The van der Waals surface area contributed by atoms with Gasteiger partial charge in [-0.05, 0) is 31.4 Å². The maximum atomic E-state index is 11.8. The molecule has 0 bridgehead atoms. The zero-order chi connectivity index (χ0) is 15.6. The lowest BCUT2D eigenvalue weighted by atomic mass is 9.97. The van der Waals surface area contributed by atoms with Gasteiger partial charge in [-0.15, -0.1) is 0 Å². The zero-order valence-corrected chi connectivity index (χ0v) is 12.8. The van der Waals surface area contributed by atoms with Crippen LogP contribution in [-0.2, 0) is 19.4 Å². The fourth-order valence-electron chi connectivity index (χ4n) is 1.79. The van der Waals surface area contributed by atoms with Gasteiger partial charge in [0.1, 0.15) is 0 Å². The van der Waals surface area contributed by atoms with Gasteiger partial charge < -0.3 is 10.8 Å². The summed E-state index contributed by atoms with van der Waals surface area (Å²) in [6, 6.07) is 6.62. The number of carboxylic acid groups (broad SMARTS) is 1. The Balaban J connectivity index is 2.92. The first-order valence-corrected chi connectivity index (χ1v) is 8.22. The van der Waals surface area contributed by atoms with Crippen LogP contribution >= 0.6 is 0 Å². The van der Waals surface area contributed by atoms with Crippen LogP contribution in [0, 0.1) is 0 Å². The van der Waals surface area contributed by atoms with Gasteiger partial charge in [-0.1, -0.05) is 24.3 Å². The van der Waals surface area contributed by atoms with Gasteiger partial charge in [-0.3, -0.25) is 4.79 Å². The SMILES string of the molecule is CC(C)(c1ccc(C(N)CCC(=O)O)cc1)S(C)(=O)=O. The number of hydrogen-bond donors (Lipinski definition) is 2. The Kier molecular flexibility index (Phi) is 4.94. The van der Waals surface area contributed by atoms with Gasteiger partial charge in [0.25, 0.3) is 0 Å². The highest BCUT2D eigenvalue weighted by molar-refractivity contribution is 7.91. The Morgan fingerprint density at radius 1 is 1.30 bits per heavy atom. The Morgan fingerprint density at radius 3 is 2.20 bits per heavy atom. The van der Waals surface area contributed by atoms with E-state index in [1.807, 2.05) is 0 Å². The minimum absolute atomic E-state index is 0.0117. The summed E-state index contributed by atoms with van der Waals surface area (Å²) in [5.41, 5.74) is 7.40. The Hall–Kier alpha value is -1.40. The van der Waals surface area contributed by atoms with Gasteiger partial charge in [-0.2, -0.15) is 0 Å². The molecule has 1 aromatic carbocycles. The minimum Gasteiger partial charge on any atom is -0.481 e. The molecule has 6 heteroatoms. The van der Waals surface area contributed by atoms with Gasteiger partial charge in [0.2, 0.25) is 0 Å². The summed E-state index contributed by atoms with van der Waals surface area (Å²) in [6.45, 7) is 3.31. The Bertz CT molecular complexity index is 576. The number of nitrogens with two attached hydrogens (primary N) is 1. The monoisotopic (exact) mass is 299 g/mol. The topological polar surface area (TPSA) is 97.5 Å². The third kappa shape index (κ3) is 3.80. The first kappa shape index (κ1) is 16.7. The molecule has 0 amide bonds. The molecule has 0 saturated carbocycles. The van der Waals surface area contributed by atoms with E-state index in [4.69, 9.17) is 10.8 Å². The predicted octanol–water partition coefficient (Wildman–Crippen LogP) is 1.83. The summed E-state index contributed by atoms with van der Waals surface area (Å²) in [5.74, 6) is -0.879. The van der Waals surface area contributed by atoms with E-state index in [9.17, 15) is 13.2 Å². The number of carbonyl (C=O) groups is 1. The molecule has 0 aliphatic carbocycles. The van der Waals surface area contributed by atoms with Crippen molar-refractivity contribution in [3.05, 3.63) is 35.4 Å². The lowest BCUT2D eigenvalue weighted by Gasteiger charge is -2.23. The molecule has 1 atom stereocenters. The van der Waals surface area contributed by atoms with Crippen molar-refractivity contribution in [2.45, 2.75) is 37.5 Å². The second-order valence-electron chi connectivity index (χ2n) is 5.44. The maximum absolute atomic E-state index is 11.8. The molecule has 3 N–H and O–H groups in total. The average molecular weight is 299 g/mol. The third-order valence-corrected chi connectivity index (χ3v) is 5.72. The summed E-state index contributed by atoms with van der Waals surface area (Å²) >= 11 is 0. The molecular weight excluding hydrogens is 278 g/mol. The van der Waals surface area contributed by atoms with E-state index in [1.54, 1.807) is 38.1 Å². The molecule has 0 fully saturated rings. The standard InChI is InChI=1S/C14H21NO4S/c1-14(2,20(3,18)19)11-6-4-10(5-7-11)12(15)8-9-13(16)17/h4-7,12H,8-9,15H2,1-3H3,(H,16,17). The number of sulfone groups is 1. The summed E-state index contributed by atoms with van der Waals surface area (Å²) in [6.07, 6.45) is 1.57. The first-order chi connectivity index (χ1) is 9.05. The highest BCUT2D eigenvalue weighted by Gasteiger charge is 2.32. The number of carboxylic acids is 1. The van der Waals surface area contributed by atoms with Crippen LogP contribution in [0.3, 0.4) is 0 Å². The van der Waals surface area contributed by atoms with Crippen LogP contribution in [0.25, 0.3) is 0 Å². The fraction of sp³-hybridized carbons (Fsp3) is 0.500. The van der Waals surface area contributed by atoms with Crippen LogP contribution in [0.5, 0.6) is 0 Å². The molecule has 0 aliphatic heterocycles. The van der Waals surface area contributed by atoms with Crippen LogP contribution in [0.2, 0.25) is 0 Å². The van der Waals surface area contributed by atoms with Gasteiger partial charge in [0, 0.05) is 18.7 Å². The summed E-state index contributed by atoms with van der Waals surface area (Å²) in [5, 5.41) is 8.63. The van der Waals surface area contributed by atoms with Crippen LogP contribution in [0.15, 0.2) is 24.3 Å². The fourth-order valence-corrected chi connectivity index (χ4v) is 2.36. The summed E-state index contributed by atoms with van der Waals surface area (Å²) < 4.78 is 22.6. The Labute approximate surface area is 119 Å². The lowest BCUT2D eigenvalue weighted by Crippen LogP contribution is -2.28. The van der Waals surface area contributed by atoms with E-state index in [-0.39, 0.29) is 12.5 Å². The molecule has 0 aromatic heterocycles. The Morgan fingerprint density at radius 2 is 1.80 bits per heavy atom. The minimum atomic E-state index is -3.22. The molecule has 0 aliphatic rings. The van der Waals surface area contributed by atoms with E-state index in [2.05, 4.69) is 0 Å². The van der Waals surface area contributed by atoms with Gasteiger partial charge in [0.15, 0.2) is 9.84 Å². The molecule has 1 rings (SSSR count). The third-order valence-electron chi connectivity index (χ3n) is 3.63. The van der Waals surface area contributed by atoms with Crippen molar-refractivity contribution in [1.82, 2.24) is 0 Å². The van der Waals surface area contributed by atoms with Gasteiger partial charge in [0.05, 0.1) is 4.75 Å². The predicted molar refractivity (Wildman–Crippen MR) is 78.1 cm³/mol. The zero-order valence-electron chi connectivity index (χ0n) is 12.0. The van der Waals surface area contributed by atoms with Crippen molar-refractivity contribution in [3.63, 3.8) is 0 Å².